The number of carbonyl (C=O) groups is 1. The molecule has 0 aromatic heterocycles. The maximum absolute atomic E-state index is 12.6. The van der Waals surface area contributed by atoms with Gasteiger partial charge in [-0.15, -0.1) is 0 Å². The molecule has 0 spiro atoms. The van der Waals surface area contributed by atoms with E-state index in [2.05, 4.69) is 13.8 Å². The smallest absolute Gasteiger partial charge is 0.410 e. The quantitative estimate of drug-likeness (QED) is 0.639. The van der Waals surface area contributed by atoms with Gasteiger partial charge in [0.1, 0.15) is 18.7 Å². The second-order valence-electron chi connectivity index (χ2n) is 8.22. The van der Waals surface area contributed by atoms with Gasteiger partial charge in [-0.25, -0.2) is 14.8 Å². The Bertz CT molecular complexity index is 796. The average molecular weight is 446 g/mol. The van der Waals surface area contributed by atoms with Crippen LogP contribution in [0.25, 0.3) is 0 Å². The van der Waals surface area contributed by atoms with Gasteiger partial charge in [0.25, 0.3) is 0 Å². The summed E-state index contributed by atoms with van der Waals surface area (Å²) >= 11 is 0. The number of morpholine rings is 1. The van der Waals surface area contributed by atoms with Gasteiger partial charge in [-0.3, -0.25) is 0 Å². The van der Waals surface area contributed by atoms with Crippen LogP contribution in [0.15, 0.2) is 40.3 Å². The molecule has 2 aliphatic heterocycles. The topological polar surface area (TPSA) is 82.0 Å². The zero-order valence-corrected chi connectivity index (χ0v) is 19.5. The molecule has 1 amide bonds. The second kappa shape index (κ2) is 11.9. The highest BCUT2D eigenvalue weighted by atomic mass is 16.6. The van der Waals surface area contributed by atoms with Crippen LogP contribution in [0.1, 0.15) is 39.7 Å². The highest BCUT2D eigenvalue weighted by molar-refractivity contribution is 5.94. The summed E-state index contributed by atoms with van der Waals surface area (Å²) in [6, 6.07) is 9.22. The number of ether oxygens (including phenoxy) is 4. The lowest BCUT2D eigenvalue weighted by molar-refractivity contribution is -0.0325. The second-order valence-corrected chi connectivity index (χ2v) is 8.22. The molecule has 0 N–H and O–H groups in total. The molecule has 1 saturated heterocycles. The van der Waals surface area contributed by atoms with Crippen molar-refractivity contribution in [3.05, 3.63) is 35.9 Å². The van der Waals surface area contributed by atoms with Crippen molar-refractivity contribution in [2.45, 2.75) is 58.9 Å². The summed E-state index contributed by atoms with van der Waals surface area (Å²) in [6.45, 7) is 10.8. The maximum atomic E-state index is 12.6. The van der Waals surface area contributed by atoms with Crippen molar-refractivity contribution >= 4 is 17.9 Å². The minimum atomic E-state index is -0.331. The predicted molar refractivity (Wildman–Crippen MR) is 123 cm³/mol. The predicted octanol–water partition coefficient (Wildman–Crippen LogP) is 3.69. The van der Waals surface area contributed by atoms with Crippen molar-refractivity contribution in [2.75, 3.05) is 32.9 Å². The Labute approximate surface area is 190 Å². The average Bonchev–Trinajstić information content (AvgIpc) is 2.80. The first-order valence-electron chi connectivity index (χ1n) is 11.5. The molecule has 8 nitrogen and oxygen atoms in total. The van der Waals surface area contributed by atoms with E-state index in [9.17, 15) is 4.79 Å². The third kappa shape index (κ3) is 6.45. The van der Waals surface area contributed by atoms with E-state index in [-0.39, 0.29) is 36.8 Å². The van der Waals surface area contributed by atoms with Gasteiger partial charge in [-0.1, -0.05) is 44.2 Å². The molecule has 0 bridgehead atoms. The highest BCUT2D eigenvalue weighted by Crippen LogP contribution is 2.22. The number of amides is 1. The molecule has 1 aromatic rings. The number of hydrogen-bond donors (Lipinski definition) is 0. The molecule has 0 unspecified atom stereocenters. The SMILES string of the molecule is CCOC1=N[C@H](C(C)C)C(OCC)=N[C@H]1C[C@H]1CN(C(=O)OCc2ccccc2)CCO1. The maximum Gasteiger partial charge on any atom is 0.410 e. The van der Waals surface area contributed by atoms with Gasteiger partial charge < -0.3 is 23.8 Å². The number of benzene rings is 1. The van der Waals surface area contributed by atoms with Gasteiger partial charge in [0.2, 0.25) is 11.8 Å². The summed E-state index contributed by atoms with van der Waals surface area (Å²) in [5.74, 6) is 1.51. The van der Waals surface area contributed by atoms with E-state index in [1.807, 2.05) is 44.2 Å². The molecule has 0 saturated carbocycles. The van der Waals surface area contributed by atoms with Crippen molar-refractivity contribution in [3.63, 3.8) is 0 Å². The van der Waals surface area contributed by atoms with Crippen molar-refractivity contribution < 1.29 is 23.7 Å². The molecule has 3 rings (SSSR count). The molecule has 3 atom stereocenters. The summed E-state index contributed by atoms with van der Waals surface area (Å²) < 4.78 is 23.1. The first-order valence-corrected chi connectivity index (χ1v) is 11.5. The van der Waals surface area contributed by atoms with E-state index >= 15 is 0 Å². The third-order valence-corrected chi connectivity index (χ3v) is 5.39. The van der Waals surface area contributed by atoms with Crippen LogP contribution in [0, 0.1) is 5.92 Å². The Hall–Kier alpha value is -2.61. The van der Waals surface area contributed by atoms with Crippen molar-refractivity contribution in [3.8, 4) is 0 Å². The van der Waals surface area contributed by atoms with E-state index in [0.717, 1.165) is 5.56 Å². The fraction of sp³-hybridized carbons (Fsp3) is 0.625. The molecule has 1 fully saturated rings. The molecule has 176 valence electrons. The molecular formula is C24H35N3O5. The fourth-order valence-corrected chi connectivity index (χ4v) is 3.79. The Morgan fingerprint density at radius 1 is 1.12 bits per heavy atom. The summed E-state index contributed by atoms with van der Waals surface area (Å²) in [6.07, 6.45) is 0.0386. The molecule has 2 heterocycles. The van der Waals surface area contributed by atoms with E-state index in [1.54, 1.807) is 4.90 Å². The van der Waals surface area contributed by atoms with Crippen LogP contribution >= 0.6 is 0 Å². The molecule has 8 heteroatoms. The molecule has 1 aromatic carbocycles. The summed E-state index contributed by atoms with van der Waals surface area (Å²) in [4.78, 5) is 23.9. The van der Waals surface area contributed by atoms with Crippen molar-refractivity contribution in [2.24, 2.45) is 15.9 Å². The first-order chi connectivity index (χ1) is 15.5. The van der Waals surface area contributed by atoms with Gasteiger partial charge in [0.05, 0.1) is 32.5 Å². The largest absolute Gasteiger partial charge is 0.480 e. The van der Waals surface area contributed by atoms with E-state index in [4.69, 9.17) is 28.9 Å². The minimum Gasteiger partial charge on any atom is -0.480 e. The molecule has 0 radical (unpaired) electrons. The lowest BCUT2D eigenvalue weighted by atomic mass is 10.0. The number of rotatable bonds is 7. The van der Waals surface area contributed by atoms with Gasteiger partial charge in [0, 0.05) is 13.0 Å². The number of carbonyl (C=O) groups excluding carboxylic acids is 1. The standard InChI is InChI=1S/C24H35N3O5/c1-5-29-22-20(25-23(30-6-2)21(26-22)17(3)4)14-19-15-27(12-13-31-19)24(28)32-16-18-10-8-7-9-11-18/h7-11,17,19-21H,5-6,12-16H2,1-4H3/t19-,20-,21+/m0/s1. The van der Waals surface area contributed by atoms with E-state index in [0.29, 0.717) is 51.1 Å². The first kappa shape index (κ1) is 24.0. The molecule has 32 heavy (non-hydrogen) atoms. The van der Waals surface area contributed by atoms with Gasteiger partial charge in [-0.2, -0.15) is 0 Å². The zero-order chi connectivity index (χ0) is 22.9. The highest BCUT2D eigenvalue weighted by Gasteiger charge is 2.35. The summed E-state index contributed by atoms with van der Waals surface area (Å²) in [5, 5.41) is 0. The van der Waals surface area contributed by atoms with Crippen LogP contribution in [-0.2, 0) is 25.6 Å². The van der Waals surface area contributed by atoms with E-state index in [1.165, 1.54) is 0 Å². The lowest BCUT2D eigenvalue weighted by Gasteiger charge is -2.34. The van der Waals surface area contributed by atoms with Gasteiger partial charge >= 0.3 is 6.09 Å². The molecule has 2 aliphatic rings. The zero-order valence-electron chi connectivity index (χ0n) is 19.5. The Balaban J connectivity index is 1.62. The van der Waals surface area contributed by atoms with Crippen LogP contribution in [0.4, 0.5) is 4.79 Å². The number of nitrogens with zero attached hydrogens (tertiary/aromatic N) is 3. The normalized spacial score (nSPS) is 23.4. The number of hydrogen-bond acceptors (Lipinski definition) is 7. The van der Waals surface area contributed by atoms with Crippen LogP contribution in [0.5, 0.6) is 0 Å². The van der Waals surface area contributed by atoms with E-state index < -0.39 is 0 Å². The van der Waals surface area contributed by atoms with Gasteiger partial charge in [-0.05, 0) is 25.3 Å². The number of aliphatic imine (C=N–C) groups is 2. The third-order valence-electron chi connectivity index (χ3n) is 5.39. The van der Waals surface area contributed by atoms with Crippen molar-refractivity contribution in [1.29, 1.82) is 0 Å². The monoisotopic (exact) mass is 445 g/mol. The van der Waals surface area contributed by atoms with Crippen molar-refractivity contribution in [1.82, 2.24) is 4.90 Å². The summed E-state index contributed by atoms with van der Waals surface area (Å²) in [7, 11) is 0. The Kier molecular flexibility index (Phi) is 8.90. The minimum absolute atomic E-state index is 0.149. The summed E-state index contributed by atoms with van der Waals surface area (Å²) in [5.41, 5.74) is 0.961. The van der Waals surface area contributed by atoms with Gasteiger partial charge in [0.15, 0.2) is 0 Å². The lowest BCUT2D eigenvalue weighted by Crippen LogP contribution is -2.48. The van der Waals surface area contributed by atoms with Crippen LogP contribution < -0.4 is 0 Å². The molecule has 0 aliphatic carbocycles. The van der Waals surface area contributed by atoms with Crippen LogP contribution in [0.2, 0.25) is 0 Å². The Morgan fingerprint density at radius 2 is 1.84 bits per heavy atom. The molecular weight excluding hydrogens is 410 g/mol. The fourth-order valence-electron chi connectivity index (χ4n) is 3.79. The van der Waals surface area contributed by atoms with Crippen LogP contribution in [0.3, 0.4) is 0 Å². The Morgan fingerprint density at radius 3 is 2.53 bits per heavy atom. The van der Waals surface area contributed by atoms with Crippen LogP contribution in [-0.4, -0.2) is 73.9 Å².